The van der Waals surface area contributed by atoms with Gasteiger partial charge in [-0.05, 0) is 30.7 Å². The summed E-state index contributed by atoms with van der Waals surface area (Å²) in [5.74, 6) is 0.599. The van der Waals surface area contributed by atoms with Gasteiger partial charge in [0, 0.05) is 12.0 Å². The number of amides is 1. The zero-order valence-electron chi connectivity index (χ0n) is 13.3. The van der Waals surface area contributed by atoms with Crippen LogP contribution < -0.4 is 9.64 Å². The topological polar surface area (TPSA) is 46.6 Å². The SMILES string of the molecule is CCC(=O)c1ccc2c(c1)N(Cc1ccccc1)C(=O)C(C)O2. The Bertz CT molecular complexity index is 740. The fourth-order valence-electron chi connectivity index (χ4n) is 2.71. The van der Waals surface area contributed by atoms with E-state index in [1.807, 2.05) is 37.3 Å². The third kappa shape index (κ3) is 2.97. The third-order valence-corrected chi connectivity index (χ3v) is 3.99. The molecule has 1 unspecified atom stereocenters. The molecule has 0 aliphatic carbocycles. The Morgan fingerprint density at radius 3 is 2.61 bits per heavy atom. The van der Waals surface area contributed by atoms with Crippen LogP contribution in [0.3, 0.4) is 0 Å². The lowest BCUT2D eigenvalue weighted by molar-refractivity contribution is -0.125. The Balaban J connectivity index is 2.01. The van der Waals surface area contributed by atoms with Crippen molar-refractivity contribution < 1.29 is 14.3 Å². The molecule has 4 heteroatoms. The average molecular weight is 309 g/mol. The molecule has 0 fully saturated rings. The summed E-state index contributed by atoms with van der Waals surface area (Å²) in [5.41, 5.74) is 2.31. The van der Waals surface area contributed by atoms with Crippen molar-refractivity contribution in [1.82, 2.24) is 0 Å². The molecule has 3 rings (SSSR count). The highest BCUT2D eigenvalue weighted by Crippen LogP contribution is 2.36. The first-order valence-electron chi connectivity index (χ1n) is 7.79. The van der Waals surface area contributed by atoms with Crippen molar-refractivity contribution in [3.63, 3.8) is 0 Å². The van der Waals surface area contributed by atoms with E-state index in [0.29, 0.717) is 30.0 Å². The number of rotatable bonds is 4. The number of ether oxygens (including phenoxy) is 1. The molecule has 4 nitrogen and oxygen atoms in total. The summed E-state index contributed by atoms with van der Waals surface area (Å²) in [6, 6.07) is 15.1. The van der Waals surface area contributed by atoms with E-state index in [1.165, 1.54) is 0 Å². The van der Waals surface area contributed by atoms with Gasteiger partial charge in [0.15, 0.2) is 11.9 Å². The monoisotopic (exact) mass is 309 g/mol. The quantitative estimate of drug-likeness (QED) is 0.811. The molecule has 0 radical (unpaired) electrons. The molecule has 1 amide bonds. The fourth-order valence-corrected chi connectivity index (χ4v) is 2.71. The van der Waals surface area contributed by atoms with Gasteiger partial charge in [-0.2, -0.15) is 0 Å². The summed E-state index contributed by atoms with van der Waals surface area (Å²) < 4.78 is 5.68. The second kappa shape index (κ2) is 6.24. The third-order valence-electron chi connectivity index (χ3n) is 3.99. The van der Waals surface area contributed by atoms with E-state index < -0.39 is 6.10 Å². The van der Waals surface area contributed by atoms with Crippen LogP contribution in [0.4, 0.5) is 5.69 Å². The van der Waals surface area contributed by atoms with E-state index in [-0.39, 0.29) is 11.7 Å². The number of nitrogens with zero attached hydrogens (tertiary/aromatic N) is 1. The summed E-state index contributed by atoms with van der Waals surface area (Å²) in [6.45, 7) is 4.03. The summed E-state index contributed by atoms with van der Waals surface area (Å²) in [5, 5.41) is 0. The van der Waals surface area contributed by atoms with Crippen LogP contribution in [0.2, 0.25) is 0 Å². The van der Waals surface area contributed by atoms with Gasteiger partial charge in [-0.3, -0.25) is 9.59 Å². The number of benzene rings is 2. The number of anilines is 1. The van der Waals surface area contributed by atoms with E-state index in [1.54, 1.807) is 30.0 Å². The maximum Gasteiger partial charge on any atom is 0.268 e. The number of carbonyl (C=O) groups is 2. The lowest BCUT2D eigenvalue weighted by Crippen LogP contribution is -2.44. The second-order valence-electron chi connectivity index (χ2n) is 5.63. The van der Waals surface area contributed by atoms with E-state index in [4.69, 9.17) is 4.74 Å². The number of ketones is 1. The highest BCUT2D eigenvalue weighted by molar-refractivity contribution is 6.02. The highest BCUT2D eigenvalue weighted by atomic mass is 16.5. The molecular weight excluding hydrogens is 290 g/mol. The molecule has 118 valence electrons. The lowest BCUT2D eigenvalue weighted by atomic mass is 10.0. The molecule has 0 saturated carbocycles. The minimum atomic E-state index is -0.529. The Morgan fingerprint density at radius 1 is 1.17 bits per heavy atom. The van der Waals surface area contributed by atoms with Crippen molar-refractivity contribution in [2.75, 3.05) is 4.90 Å². The van der Waals surface area contributed by atoms with E-state index in [2.05, 4.69) is 0 Å². The first kappa shape index (κ1) is 15.3. The number of hydrogen-bond donors (Lipinski definition) is 0. The van der Waals surface area contributed by atoms with Gasteiger partial charge in [-0.25, -0.2) is 0 Å². The van der Waals surface area contributed by atoms with E-state index in [9.17, 15) is 9.59 Å². The van der Waals surface area contributed by atoms with Gasteiger partial charge in [0.25, 0.3) is 5.91 Å². The van der Waals surface area contributed by atoms with E-state index in [0.717, 1.165) is 5.56 Å². The first-order valence-corrected chi connectivity index (χ1v) is 7.79. The van der Waals surface area contributed by atoms with Gasteiger partial charge < -0.3 is 9.64 Å². The maximum absolute atomic E-state index is 12.6. The number of Topliss-reactive ketones (excluding diaryl/α,β-unsaturated/α-hetero) is 1. The van der Waals surface area contributed by atoms with Gasteiger partial charge in [0.2, 0.25) is 0 Å². The zero-order valence-corrected chi connectivity index (χ0v) is 13.3. The molecule has 23 heavy (non-hydrogen) atoms. The maximum atomic E-state index is 12.6. The average Bonchev–Trinajstić information content (AvgIpc) is 2.59. The molecule has 2 aromatic carbocycles. The van der Waals surface area contributed by atoms with Crippen LogP contribution in [-0.4, -0.2) is 17.8 Å². The molecule has 0 aromatic heterocycles. The molecular formula is C19H19NO3. The second-order valence-corrected chi connectivity index (χ2v) is 5.63. The summed E-state index contributed by atoms with van der Waals surface area (Å²) in [7, 11) is 0. The molecule has 1 heterocycles. The molecule has 0 saturated heterocycles. The molecule has 0 N–H and O–H groups in total. The van der Waals surface area contributed by atoms with Gasteiger partial charge in [0.05, 0.1) is 12.2 Å². The van der Waals surface area contributed by atoms with Crippen LogP contribution in [0.25, 0.3) is 0 Å². The Kier molecular flexibility index (Phi) is 4.15. The van der Waals surface area contributed by atoms with Crippen molar-refractivity contribution >= 4 is 17.4 Å². The van der Waals surface area contributed by atoms with Crippen molar-refractivity contribution in [2.45, 2.75) is 32.9 Å². The van der Waals surface area contributed by atoms with Crippen molar-refractivity contribution in [3.05, 3.63) is 59.7 Å². The van der Waals surface area contributed by atoms with Gasteiger partial charge in [-0.1, -0.05) is 37.3 Å². The molecule has 1 aliphatic heterocycles. The van der Waals surface area contributed by atoms with Gasteiger partial charge >= 0.3 is 0 Å². The standard InChI is InChI=1S/C19H19NO3/c1-3-17(21)15-9-10-18-16(11-15)20(19(22)13(2)23-18)12-14-7-5-4-6-8-14/h4-11,13H,3,12H2,1-2H3. The number of carbonyl (C=O) groups excluding carboxylic acids is 2. The Morgan fingerprint density at radius 2 is 1.91 bits per heavy atom. The van der Waals surface area contributed by atoms with Gasteiger partial charge in [0.1, 0.15) is 5.75 Å². The predicted molar refractivity (Wildman–Crippen MR) is 88.8 cm³/mol. The van der Waals surface area contributed by atoms with E-state index >= 15 is 0 Å². The largest absolute Gasteiger partial charge is 0.479 e. The fraction of sp³-hybridized carbons (Fsp3) is 0.263. The molecule has 0 bridgehead atoms. The normalized spacial score (nSPS) is 16.7. The zero-order chi connectivity index (χ0) is 16.4. The smallest absolute Gasteiger partial charge is 0.268 e. The molecule has 2 aromatic rings. The Labute approximate surface area is 135 Å². The van der Waals surface area contributed by atoms with Crippen molar-refractivity contribution in [3.8, 4) is 5.75 Å². The minimum absolute atomic E-state index is 0.0542. The van der Waals surface area contributed by atoms with Crippen LogP contribution in [0.5, 0.6) is 5.75 Å². The summed E-state index contributed by atoms with van der Waals surface area (Å²) in [6.07, 6.45) is -0.0955. The molecule has 1 atom stereocenters. The molecule has 0 spiro atoms. The first-order chi connectivity index (χ1) is 11.1. The van der Waals surface area contributed by atoms with Gasteiger partial charge in [-0.15, -0.1) is 0 Å². The van der Waals surface area contributed by atoms with Crippen LogP contribution in [0.1, 0.15) is 36.2 Å². The van der Waals surface area contributed by atoms with Crippen molar-refractivity contribution in [2.24, 2.45) is 0 Å². The van der Waals surface area contributed by atoms with Crippen molar-refractivity contribution in [1.29, 1.82) is 0 Å². The van der Waals surface area contributed by atoms with Crippen LogP contribution in [-0.2, 0) is 11.3 Å². The lowest BCUT2D eigenvalue weighted by Gasteiger charge is -2.33. The minimum Gasteiger partial charge on any atom is -0.479 e. The Hall–Kier alpha value is -2.62. The summed E-state index contributed by atoms with van der Waals surface area (Å²) in [4.78, 5) is 26.2. The van der Waals surface area contributed by atoms with Crippen LogP contribution >= 0.6 is 0 Å². The number of hydrogen-bond acceptors (Lipinski definition) is 3. The highest BCUT2D eigenvalue weighted by Gasteiger charge is 2.32. The summed E-state index contributed by atoms with van der Waals surface area (Å²) >= 11 is 0. The predicted octanol–water partition coefficient (Wildman–Crippen LogP) is 3.59. The van der Waals surface area contributed by atoms with Crippen LogP contribution in [0.15, 0.2) is 48.5 Å². The van der Waals surface area contributed by atoms with Crippen LogP contribution in [0, 0.1) is 0 Å². The molecule has 1 aliphatic rings. The number of fused-ring (bicyclic) bond motifs is 1.